The van der Waals surface area contributed by atoms with Crippen molar-refractivity contribution in [2.24, 2.45) is 0 Å². The number of carbonyl (C=O) groups excluding carboxylic acids is 2. The quantitative estimate of drug-likeness (QED) is 0.623. The summed E-state index contributed by atoms with van der Waals surface area (Å²) < 4.78 is 6.65. The van der Waals surface area contributed by atoms with Crippen LogP contribution in [0.3, 0.4) is 0 Å². The summed E-state index contributed by atoms with van der Waals surface area (Å²) in [6.45, 7) is 1.35. The fraction of sp³-hybridized carbons (Fsp3) is 0.318. The molecule has 1 atom stereocenters. The first-order valence-corrected chi connectivity index (χ1v) is 10.4. The molecule has 1 amide bonds. The Bertz CT molecular complexity index is 1020. The molecule has 1 fully saturated rings. The minimum absolute atomic E-state index is 0.0781. The SMILES string of the molecule is O=C1OC(C(=O)N2CCC(c3nc4ccccc4s3)CC2)Cc2ccccc21. The summed E-state index contributed by atoms with van der Waals surface area (Å²) in [4.78, 5) is 31.8. The molecule has 5 rings (SSSR count). The van der Waals surface area contributed by atoms with Crippen LogP contribution in [0.25, 0.3) is 10.2 Å². The van der Waals surface area contributed by atoms with Gasteiger partial charge in [-0.2, -0.15) is 0 Å². The number of para-hydroxylation sites is 1. The molecule has 0 saturated carbocycles. The topological polar surface area (TPSA) is 59.5 Å². The molecule has 3 heterocycles. The number of amides is 1. The van der Waals surface area contributed by atoms with E-state index in [1.165, 1.54) is 4.70 Å². The molecule has 2 aliphatic heterocycles. The van der Waals surface area contributed by atoms with Gasteiger partial charge in [0.2, 0.25) is 0 Å². The summed E-state index contributed by atoms with van der Waals surface area (Å²) in [5.41, 5.74) is 2.51. The van der Waals surface area contributed by atoms with Crippen LogP contribution in [0.2, 0.25) is 0 Å². The van der Waals surface area contributed by atoms with E-state index >= 15 is 0 Å². The zero-order chi connectivity index (χ0) is 19.1. The highest BCUT2D eigenvalue weighted by molar-refractivity contribution is 7.18. The standard InChI is InChI=1S/C22H20N2O3S/c25-21(18-13-15-5-1-2-6-16(15)22(26)27-18)24-11-9-14(10-12-24)20-23-17-7-3-4-8-19(17)28-20/h1-8,14,18H,9-13H2. The summed E-state index contributed by atoms with van der Waals surface area (Å²) in [6, 6.07) is 15.5. The summed E-state index contributed by atoms with van der Waals surface area (Å²) in [5.74, 6) is -0.0914. The van der Waals surface area contributed by atoms with Crippen LogP contribution in [-0.4, -0.2) is 41.0 Å². The summed E-state index contributed by atoms with van der Waals surface area (Å²) in [6.07, 6.45) is 1.53. The van der Waals surface area contributed by atoms with Crippen LogP contribution in [0.5, 0.6) is 0 Å². The third kappa shape index (κ3) is 3.07. The Hall–Kier alpha value is -2.73. The highest BCUT2D eigenvalue weighted by atomic mass is 32.1. The first-order valence-electron chi connectivity index (χ1n) is 9.62. The third-order valence-electron chi connectivity index (χ3n) is 5.63. The molecule has 3 aromatic rings. The van der Waals surface area contributed by atoms with Gasteiger partial charge in [0.1, 0.15) is 0 Å². The molecule has 0 spiro atoms. The van der Waals surface area contributed by atoms with Crippen LogP contribution < -0.4 is 0 Å². The summed E-state index contributed by atoms with van der Waals surface area (Å²) in [5, 5.41) is 1.16. The number of benzene rings is 2. The molecule has 5 nitrogen and oxygen atoms in total. The molecule has 2 aliphatic rings. The van der Waals surface area contributed by atoms with Crippen LogP contribution in [0.1, 0.15) is 39.7 Å². The van der Waals surface area contributed by atoms with Gasteiger partial charge in [-0.3, -0.25) is 4.79 Å². The lowest BCUT2D eigenvalue weighted by Crippen LogP contribution is -2.47. The van der Waals surface area contributed by atoms with E-state index in [-0.39, 0.29) is 5.91 Å². The highest BCUT2D eigenvalue weighted by Crippen LogP contribution is 2.34. The van der Waals surface area contributed by atoms with Crippen molar-refractivity contribution in [3.8, 4) is 0 Å². The van der Waals surface area contributed by atoms with Crippen molar-refractivity contribution in [1.29, 1.82) is 0 Å². The summed E-state index contributed by atoms with van der Waals surface area (Å²) >= 11 is 1.75. The van der Waals surface area contributed by atoms with Crippen LogP contribution >= 0.6 is 11.3 Å². The zero-order valence-electron chi connectivity index (χ0n) is 15.3. The van der Waals surface area contributed by atoms with Crippen LogP contribution in [0.15, 0.2) is 48.5 Å². The number of rotatable bonds is 2. The Morgan fingerprint density at radius 1 is 1.07 bits per heavy atom. The predicted molar refractivity (Wildman–Crippen MR) is 108 cm³/mol. The number of piperidine rings is 1. The van der Waals surface area contributed by atoms with Crippen molar-refractivity contribution in [1.82, 2.24) is 9.88 Å². The van der Waals surface area contributed by atoms with Gasteiger partial charge in [-0.1, -0.05) is 30.3 Å². The molecule has 0 radical (unpaired) electrons. The number of hydrogen-bond acceptors (Lipinski definition) is 5. The average molecular weight is 392 g/mol. The molecule has 2 aromatic carbocycles. The van der Waals surface area contributed by atoms with Crippen molar-refractivity contribution in [3.63, 3.8) is 0 Å². The van der Waals surface area contributed by atoms with E-state index in [4.69, 9.17) is 9.72 Å². The fourth-order valence-electron chi connectivity index (χ4n) is 4.08. The Morgan fingerprint density at radius 2 is 1.82 bits per heavy atom. The largest absolute Gasteiger partial charge is 0.448 e. The van der Waals surface area contributed by atoms with Crippen LogP contribution in [-0.2, 0) is 16.0 Å². The normalized spacial score (nSPS) is 20.1. The molecular formula is C22H20N2O3S. The Kier molecular flexibility index (Phi) is 4.36. The number of likely N-dealkylation sites (tertiary alicyclic amines) is 1. The predicted octanol–water partition coefficient (Wildman–Crippen LogP) is 3.78. The molecule has 0 bridgehead atoms. The maximum atomic E-state index is 12.9. The van der Waals surface area contributed by atoms with E-state index in [0.717, 1.165) is 28.9 Å². The van der Waals surface area contributed by atoms with Gasteiger partial charge in [0.15, 0.2) is 6.10 Å². The van der Waals surface area contributed by atoms with Crippen molar-refractivity contribution < 1.29 is 14.3 Å². The minimum atomic E-state index is -0.707. The second kappa shape index (κ2) is 7.02. The molecule has 1 aromatic heterocycles. The molecule has 0 N–H and O–H groups in total. The van der Waals surface area contributed by atoms with Crippen molar-refractivity contribution in [2.45, 2.75) is 31.3 Å². The van der Waals surface area contributed by atoms with Gasteiger partial charge in [-0.25, -0.2) is 9.78 Å². The lowest BCUT2D eigenvalue weighted by molar-refractivity contribution is -0.142. The molecule has 0 aliphatic carbocycles. The fourth-order valence-corrected chi connectivity index (χ4v) is 5.22. The highest BCUT2D eigenvalue weighted by Gasteiger charge is 2.35. The smallest absolute Gasteiger partial charge is 0.339 e. The van der Waals surface area contributed by atoms with E-state index in [0.29, 0.717) is 31.0 Å². The number of hydrogen-bond donors (Lipinski definition) is 0. The monoisotopic (exact) mass is 392 g/mol. The molecule has 142 valence electrons. The second-order valence-corrected chi connectivity index (χ2v) is 8.44. The van der Waals surface area contributed by atoms with Crippen molar-refractivity contribution in [2.75, 3.05) is 13.1 Å². The number of aromatic nitrogens is 1. The first-order chi connectivity index (χ1) is 13.7. The van der Waals surface area contributed by atoms with E-state index in [1.807, 2.05) is 41.3 Å². The summed E-state index contributed by atoms with van der Waals surface area (Å²) in [7, 11) is 0. The lowest BCUT2D eigenvalue weighted by Gasteiger charge is -2.34. The van der Waals surface area contributed by atoms with E-state index < -0.39 is 12.1 Å². The minimum Gasteiger partial charge on any atom is -0.448 e. The van der Waals surface area contributed by atoms with Gasteiger partial charge in [0.05, 0.1) is 20.8 Å². The van der Waals surface area contributed by atoms with Gasteiger partial charge in [0, 0.05) is 25.4 Å². The van der Waals surface area contributed by atoms with Crippen molar-refractivity contribution >= 4 is 33.4 Å². The van der Waals surface area contributed by atoms with Crippen LogP contribution in [0, 0.1) is 0 Å². The first kappa shape index (κ1) is 17.4. The maximum absolute atomic E-state index is 12.9. The third-order valence-corrected chi connectivity index (χ3v) is 6.83. The zero-order valence-corrected chi connectivity index (χ0v) is 16.2. The number of fused-ring (bicyclic) bond motifs is 2. The second-order valence-electron chi connectivity index (χ2n) is 7.37. The van der Waals surface area contributed by atoms with Crippen LogP contribution in [0.4, 0.5) is 0 Å². The molecule has 1 saturated heterocycles. The van der Waals surface area contributed by atoms with Gasteiger partial charge in [-0.15, -0.1) is 11.3 Å². The van der Waals surface area contributed by atoms with E-state index in [1.54, 1.807) is 17.4 Å². The number of ether oxygens (including phenoxy) is 1. The number of carbonyl (C=O) groups is 2. The molecule has 1 unspecified atom stereocenters. The van der Waals surface area contributed by atoms with Gasteiger partial charge >= 0.3 is 5.97 Å². The Labute approximate surface area is 166 Å². The van der Waals surface area contributed by atoms with E-state index in [2.05, 4.69) is 6.07 Å². The van der Waals surface area contributed by atoms with Gasteiger partial charge < -0.3 is 9.64 Å². The average Bonchev–Trinajstić information content (AvgIpc) is 3.18. The Morgan fingerprint density at radius 3 is 2.64 bits per heavy atom. The molecular weight excluding hydrogens is 372 g/mol. The number of nitrogens with zero attached hydrogens (tertiary/aromatic N) is 2. The van der Waals surface area contributed by atoms with E-state index in [9.17, 15) is 9.59 Å². The van der Waals surface area contributed by atoms with Gasteiger partial charge in [-0.05, 0) is 36.6 Å². The molecule has 28 heavy (non-hydrogen) atoms. The maximum Gasteiger partial charge on any atom is 0.339 e. The molecule has 6 heteroatoms. The Balaban J connectivity index is 1.25. The number of esters is 1. The lowest BCUT2D eigenvalue weighted by atomic mass is 9.95. The number of thiazole rings is 1. The van der Waals surface area contributed by atoms with Gasteiger partial charge in [0.25, 0.3) is 5.91 Å². The van der Waals surface area contributed by atoms with Crippen molar-refractivity contribution in [3.05, 3.63) is 64.7 Å². The number of cyclic esters (lactones) is 1.